The monoisotopic (exact) mass is 346 g/mol. The zero-order chi connectivity index (χ0) is 16.8. The van der Waals surface area contributed by atoms with Crippen molar-refractivity contribution in [3.8, 4) is 0 Å². The van der Waals surface area contributed by atoms with Crippen molar-refractivity contribution in [3.63, 3.8) is 0 Å². The van der Waals surface area contributed by atoms with Crippen LogP contribution in [0.3, 0.4) is 0 Å². The van der Waals surface area contributed by atoms with Crippen LogP contribution in [0.15, 0.2) is 33.2 Å². The minimum Gasteiger partial charge on any atom is -0.469 e. The highest BCUT2D eigenvalue weighted by atomic mass is 32.1. The Hall–Kier alpha value is -1.82. The molecule has 130 valence electrons. The zero-order valence-electron chi connectivity index (χ0n) is 14.5. The first-order valence-corrected chi connectivity index (χ1v) is 9.54. The van der Waals surface area contributed by atoms with E-state index in [-0.39, 0.29) is 0 Å². The molecule has 0 amide bonds. The number of rotatable bonds is 6. The summed E-state index contributed by atoms with van der Waals surface area (Å²) >= 11 is 1.70. The zero-order valence-corrected chi connectivity index (χ0v) is 15.3. The summed E-state index contributed by atoms with van der Waals surface area (Å²) in [6, 6.07) is 4.47. The second kappa shape index (κ2) is 8.33. The standard InChI is InChI=1S/C18H26N4OS/c1-14-20-16(13-24-14)12-22(2)18(21-15-6-3-4-7-15)19-10-9-17-8-5-11-23-17/h5,8,11,13,15H,3-4,6-7,9-10,12H2,1-2H3,(H,19,21). The molecule has 0 saturated heterocycles. The van der Waals surface area contributed by atoms with Crippen LogP contribution in [0.1, 0.15) is 42.1 Å². The summed E-state index contributed by atoms with van der Waals surface area (Å²) in [6.07, 6.45) is 7.64. The molecule has 0 atom stereocenters. The number of guanidine groups is 1. The van der Waals surface area contributed by atoms with Crippen molar-refractivity contribution in [1.82, 2.24) is 15.2 Å². The van der Waals surface area contributed by atoms with Gasteiger partial charge in [-0.05, 0) is 31.9 Å². The van der Waals surface area contributed by atoms with Gasteiger partial charge in [-0.25, -0.2) is 4.98 Å². The Morgan fingerprint density at radius 1 is 1.46 bits per heavy atom. The van der Waals surface area contributed by atoms with Gasteiger partial charge in [-0.2, -0.15) is 0 Å². The molecule has 3 rings (SSSR count). The largest absolute Gasteiger partial charge is 0.469 e. The van der Waals surface area contributed by atoms with E-state index in [2.05, 4.69) is 27.6 Å². The Bertz CT molecular complexity index is 644. The van der Waals surface area contributed by atoms with Crippen LogP contribution in [0.4, 0.5) is 0 Å². The van der Waals surface area contributed by atoms with E-state index in [1.807, 2.05) is 19.1 Å². The van der Waals surface area contributed by atoms with Crippen LogP contribution in [0, 0.1) is 6.92 Å². The van der Waals surface area contributed by atoms with Crippen LogP contribution < -0.4 is 5.32 Å². The molecule has 0 bridgehead atoms. The van der Waals surface area contributed by atoms with Crippen molar-refractivity contribution in [2.24, 2.45) is 4.99 Å². The molecule has 1 aliphatic carbocycles. The van der Waals surface area contributed by atoms with Crippen molar-refractivity contribution in [1.29, 1.82) is 0 Å². The van der Waals surface area contributed by atoms with Crippen molar-refractivity contribution in [2.75, 3.05) is 13.6 Å². The average molecular weight is 347 g/mol. The molecule has 0 spiro atoms. The number of thiazole rings is 1. The third kappa shape index (κ3) is 4.84. The van der Waals surface area contributed by atoms with Gasteiger partial charge in [0.1, 0.15) is 5.76 Å². The van der Waals surface area contributed by atoms with Gasteiger partial charge in [0.05, 0.1) is 23.5 Å². The van der Waals surface area contributed by atoms with Gasteiger partial charge in [-0.15, -0.1) is 11.3 Å². The molecule has 24 heavy (non-hydrogen) atoms. The summed E-state index contributed by atoms with van der Waals surface area (Å²) in [4.78, 5) is 11.6. The molecule has 1 fully saturated rings. The number of aromatic nitrogens is 1. The predicted molar refractivity (Wildman–Crippen MR) is 98.4 cm³/mol. The maximum Gasteiger partial charge on any atom is 0.194 e. The third-order valence-corrected chi connectivity index (χ3v) is 5.14. The third-order valence-electron chi connectivity index (χ3n) is 4.32. The first-order chi connectivity index (χ1) is 11.7. The first kappa shape index (κ1) is 17.0. The number of hydrogen-bond donors (Lipinski definition) is 1. The van der Waals surface area contributed by atoms with E-state index in [1.165, 1.54) is 25.7 Å². The first-order valence-electron chi connectivity index (χ1n) is 8.66. The summed E-state index contributed by atoms with van der Waals surface area (Å²) < 4.78 is 5.40. The molecular formula is C18H26N4OS. The van der Waals surface area contributed by atoms with Gasteiger partial charge < -0.3 is 14.6 Å². The minimum atomic E-state index is 0.548. The van der Waals surface area contributed by atoms with E-state index >= 15 is 0 Å². The Kier molecular flexibility index (Phi) is 5.91. The lowest BCUT2D eigenvalue weighted by molar-refractivity contribution is 0.451. The van der Waals surface area contributed by atoms with Gasteiger partial charge in [0.25, 0.3) is 0 Å². The predicted octanol–water partition coefficient (Wildman–Crippen LogP) is 3.61. The molecule has 5 nitrogen and oxygen atoms in total. The maximum atomic E-state index is 5.40. The van der Waals surface area contributed by atoms with E-state index in [0.29, 0.717) is 6.04 Å². The minimum absolute atomic E-state index is 0.548. The second-order valence-corrected chi connectivity index (χ2v) is 7.44. The van der Waals surface area contributed by atoms with Gasteiger partial charge in [0.15, 0.2) is 5.96 Å². The van der Waals surface area contributed by atoms with Crippen molar-refractivity contribution >= 4 is 17.3 Å². The Morgan fingerprint density at radius 2 is 2.29 bits per heavy atom. The lowest BCUT2D eigenvalue weighted by atomic mass is 10.2. The molecule has 0 radical (unpaired) electrons. The van der Waals surface area contributed by atoms with Crippen molar-refractivity contribution in [3.05, 3.63) is 40.2 Å². The summed E-state index contributed by atoms with van der Waals surface area (Å²) in [7, 11) is 2.09. The Balaban J connectivity index is 1.62. The summed E-state index contributed by atoms with van der Waals surface area (Å²) in [6.45, 7) is 3.55. The van der Waals surface area contributed by atoms with E-state index in [1.54, 1.807) is 17.6 Å². The number of nitrogens with one attached hydrogen (secondary N) is 1. The Labute approximate surface area is 147 Å². The number of nitrogens with zero attached hydrogens (tertiary/aromatic N) is 3. The highest BCUT2D eigenvalue weighted by molar-refractivity contribution is 7.09. The van der Waals surface area contributed by atoms with Crippen LogP contribution in [-0.4, -0.2) is 35.5 Å². The molecule has 0 aliphatic heterocycles. The number of aryl methyl sites for hydroxylation is 1. The molecular weight excluding hydrogens is 320 g/mol. The smallest absolute Gasteiger partial charge is 0.194 e. The fourth-order valence-electron chi connectivity index (χ4n) is 3.05. The number of hydrogen-bond acceptors (Lipinski definition) is 4. The molecule has 2 aromatic heterocycles. The van der Waals surface area contributed by atoms with E-state index in [0.717, 1.165) is 41.9 Å². The van der Waals surface area contributed by atoms with E-state index < -0.39 is 0 Å². The van der Waals surface area contributed by atoms with Crippen LogP contribution in [0.25, 0.3) is 0 Å². The highest BCUT2D eigenvalue weighted by Crippen LogP contribution is 2.18. The highest BCUT2D eigenvalue weighted by Gasteiger charge is 2.18. The molecule has 0 aromatic carbocycles. The maximum absolute atomic E-state index is 5.40. The van der Waals surface area contributed by atoms with E-state index in [9.17, 15) is 0 Å². The van der Waals surface area contributed by atoms with Crippen molar-refractivity contribution in [2.45, 2.75) is 51.6 Å². The van der Waals surface area contributed by atoms with Crippen LogP contribution in [0.2, 0.25) is 0 Å². The van der Waals surface area contributed by atoms with Crippen LogP contribution in [0.5, 0.6) is 0 Å². The van der Waals surface area contributed by atoms with Gasteiger partial charge in [-0.1, -0.05) is 12.8 Å². The number of furan rings is 1. The molecule has 2 heterocycles. The average Bonchev–Trinajstić information content (AvgIpc) is 3.30. The van der Waals surface area contributed by atoms with Gasteiger partial charge in [0.2, 0.25) is 0 Å². The molecule has 2 aromatic rings. The molecule has 1 N–H and O–H groups in total. The lowest BCUT2D eigenvalue weighted by Gasteiger charge is -2.24. The number of aliphatic imine (C=N–C) groups is 1. The summed E-state index contributed by atoms with van der Waals surface area (Å²) in [5.74, 6) is 1.95. The topological polar surface area (TPSA) is 53.7 Å². The molecule has 1 aliphatic rings. The summed E-state index contributed by atoms with van der Waals surface area (Å²) in [5, 5.41) is 6.88. The lowest BCUT2D eigenvalue weighted by Crippen LogP contribution is -2.43. The molecule has 0 unspecified atom stereocenters. The fourth-order valence-corrected chi connectivity index (χ4v) is 3.66. The van der Waals surface area contributed by atoms with Gasteiger partial charge in [0, 0.05) is 31.4 Å². The fraction of sp³-hybridized carbons (Fsp3) is 0.556. The summed E-state index contributed by atoms with van der Waals surface area (Å²) in [5.41, 5.74) is 1.10. The Morgan fingerprint density at radius 3 is 2.96 bits per heavy atom. The molecule has 6 heteroatoms. The van der Waals surface area contributed by atoms with Crippen molar-refractivity contribution < 1.29 is 4.42 Å². The van der Waals surface area contributed by atoms with Crippen LogP contribution >= 0.6 is 11.3 Å². The van der Waals surface area contributed by atoms with E-state index in [4.69, 9.17) is 9.41 Å². The normalized spacial score (nSPS) is 15.8. The van der Waals surface area contributed by atoms with Gasteiger partial charge in [-0.3, -0.25) is 4.99 Å². The second-order valence-electron chi connectivity index (χ2n) is 6.37. The SMILES string of the molecule is Cc1nc(CN(C)C(=NCCc2ccco2)NC2CCCC2)cs1. The van der Waals surface area contributed by atoms with Gasteiger partial charge >= 0.3 is 0 Å². The molecule has 1 saturated carbocycles. The van der Waals surface area contributed by atoms with Crippen LogP contribution in [-0.2, 0) is 13.0 Å². The quantitative estimate of drug-likeness (QED) is 0.641.